The van der Waals surface area contributed by atoms with Gasteiger partial charge in [-0.25, -0.2) is 0 Å². The Labute approximate surface area is 360 Å². The maximum absolute atomic E-state index is 12.1. The summed E-state index contributed by atoms with van der Waals surface area (Å²) in [5, 5.41) is 0. The van der Waals surface area contributed by atoms with Gasteiger partial charge in [0.05, 0.1) is 13.2 Å². The minimum Gasteiger partial charge on any atom is -0.746 e. The number of unbranched alkanes of at least 4 members (excludes halogenated alkanes) is 14. The normalized spacial score (nSPS) is 14.3. The molecule has 2 rings (SSSR count). The predicted molar refractivity (Wildman–Crippen MR) is 231 cm³/mol. The first-order valence-electron chi connectivity index (χ1n) is 22.5. The van der Waals surface area contributed by atoms with Gasteiger partial charge in [0.2, 0.25) is 0 Å². The van der Waals surface area contributed by atoms with Crippen LogP contribution in [0.3, 0.4) is 0 Å². The first kappa shape index (κ1) is 55.9. The van der Waals surface area contributed by atoms with Crippen molar-refractivity contribution in [1.82, 2.24) is 0 Å². The van der Waals surface area contributed by atoms with Crippen molar-refractivity contribution >= 4 is 15.6 Å². The van der Waals surface area contributed by atoms with Gasteiger partial charge in [0.15, 0.2) is 0 Å². The predicted octanol–water partition coefficient (Wildman–Crippen LogP) is 14.1. The molecule has 4 unspecified atom stereocenters. The van der Waals surface area contributed by atoms with Crippen molar-refractivity contribution < 1.29 is 54.4 Å². The fourth-order valence-corrected chi connectivity index (χ4v) is 8.16. The van der Waals surface area contributed by atoms with Gasteiger partial charge in [0.25, 0.3) is 0 Å². The average Bonchev–Trinajstić information content (AvgIpc) is 3.18. The molecule has 0 heterocycles. The van der Waals surface area contributed by atoms with Crippen LogP contribution in [0.2, 0.25) is 0 Å². The molecule has 0 spiro atoms. The summed E-state index contributed by atoms with van der Waals surface area (Å²) in [4.78, 5) is 24.2. The summed E-state index contributed by atoms with van der Waals surface area (Å²) < 4.78 is 44.6. The SMILES string of the molecule is CCCCCCCCCc1ccc(OP(=O)([O-])OCC(CC)CCCC)cc1.CCCCCCCCCc1ccc(OP(=O)([O-])OCC(CC)CCCC)cc1.[Cr+2]. The van der Waals surface area contributed by atoms with Crippen LogP contribution in [0.4, 0.5) is 0 Å². The van der Waals surface area contributed by atoms with Crippen LogP contribution in [0.25, 0.3) is 0 Å². The number of hydrogen-bond acceptors (Lipinski definition) is 8. The zero-order valence-electron chi connectivity index (χ0n) is 36.7. The summed E-state index contributed by atoms with van der Waals surface area (Å²) in [5.74, 6) is 1.16. The molecule has 2 aromatic carbocycles. The molecule has 0 aliphatic heterocycles. The summed E-state index contributed by atoms with van der Waals surface area (Å²) in [5.41, 5.74) is 2.43. The van der Waals surface area contributed by atoms with E-state index >= 15 is 0 Å². The van der Waals surface area contributed by atoms with Gasteiger partial charge in [-0.15, -0.1) is 0 Å². The molecule has 4 atom stereocenters. The van der Waals surface area contributed by atoms with E-state index in [2.05, 4.69) is 41.5 Å². The molecule has 0 aliphatic rings. The van der Waals surface area contributed by atoms with Crippen LogP contribution in [-0.2, 0) is 48.4 Å². The van der Waals surface area contributed by atoms with E-state index in [1.54, 1.807) is 24.3 Å². The van der Waals surface area contributed by atoms with Crippen molar-refractivity contribution in [2.75, 3.05) is 13.2 Å². The number of benzene rings is 2. The number of phosphoric ester groups is 2. The van der Waals surface area contributed by atoms with Crippen LogP contribution in [0.1, 0.15) is 194 Å². The molecule has 8 nitrogen and oxygen atoms in total. The monoisotopic (exact) mass is 874 g/mol. The fraction of sp³-hybridized carbons (Fsp3) is 0.739. The van der Waals surface area contributed by atoms with Crippen LogP contribution < -0.4 is 18.8 Å². The second-order valence-electron chi connectivity index (χ2n) is 15.5. The second-order valence-corrected chi connectivity index (χ2v) is 18.2. The van der Waals surface area contributed by atoms with E-state index in [-0.39, 0.29) is 42.4 Å². The van der Waals surface area contributed by atoms with Gasteiger partial charge in [0, 0.05) is 0 Å². The maximum Gasteiger partial charge on any atom is 2.00 e. The number of rotatable bonds is 34. The van der Waals surface area contributed by atoms with Crippen molar-refractivity contribution in [3.05, 3.63) is 59.7 Å². The minimum absolute atomic E-state index is 0. The third-order valence-corrected chi connectivity index (χ3v) is 12.2. The van der Waals surface area contributed by atoms with Crippen LogP contribution in [0.15, 0.2) is 48.5 Å². The van der Waals surface area contributed by atoms with E-state index in [0.29, 0.717) is 11.5 Å². The van der Waals surface area contributed by atoms with E-state index in [9.17, 15) is 18.9 Å². The molecule has 2 aromatic rings. The Kier molecular flexibility index (Phi) is 34.9. The topological polar surface area (TPSA) is 117 Å². The first-order valence-corrected chi connectivity index (χ1v) is 25.4. The quantitative estimate of drug-likeness (QED) is 0.0504. The zero-order chi connectivity index (χ0) is 41.3. The maximum atomic E-state index is 12.1. The molecule has 0 fully saturated rings. The van der Waals surface area contributed by atoms with Crippen molar-refractivity contribution in [3.63, 3.8) is 0 Å². The molecule has 0 saturated heterocycles. The Morgan fingerprint density at radius 2 is 0.754 bits per heavy atom. The molecule has 11 heteroatoms. The Morgan fingerprint density at radius 3 is 1.05 bits per heavy atom. The van der Waals surface area contributed by atoms with Crippen molar-refractivity contribution in [2.45, 2.75) is 196 Å². The third kappa shape index (κ3) is 30.5. The van der Waals surface area contributed by atoms with E-state index < -0.39 is 15.6 Å². The summed E-state index contributed by atoms with van der Waals surface area (Å²) in [6, 6.07) is 14.7. The minimum atomic E-state index is -4.32. The van der Waals surface area contributed by atoms with E-state index in [0.717, 1.165) is 64.2 Å². The fourth-order valence-electron chi connectivity index (χ4n) is 6.51. The van der Waals surface area contributed by atoms with Crippen molar-refractivity contribution in [1.29, 1.82) is 0 Å². The van der Waals surface area contributed by atoms with Crippen LogP contribution >= 0.6 is 15.6 Å². The van der Waals surface area contributed by atoms with Gasteiger partial charge in [-0.1, -0.05) is 181 Å². The Bertz CT molecular complexity index is 1190. The van der Waals surface area contributed by atoms with E-state index in [1.165, 1.54) is 101 Å². The largest absolute Gasteiger partial charge is 2.00 e. The molecular weight excluding hydrogens is 794 g/mol. The Balaban J connectivity index is 0.00000108. The van der Waals surface area contributed by atoms with Crippen LogP contribution in [-0.4, -0.2) is 13.2 Å². The smallest absolute Gasteiger partial charge is 0.746 e. The number of hydrogen-bond donors (Lipinski definition) is 0. The van der Waals surface area contributed by atoms with Gasteiger partial charge in [-0.05, 0) is 85.8 Å². The van der Waals surface area contributed by atoms with Gasteiger partial charge in [-0.3, -0.25) is 9.13 Å². The molecule has 0 N–H and O–H groups in total. The molecule has 57 heavy (non-hydrogen) atoms. The average molecular weight is 875 g/mol. The standard InChI is InChI=1S/2C23H41O4P.Cr/c2*1-4-7-9-10-11-12-13-15-22-16-18-23(19-17-22)27-28(24,25)26-20-21(6-3)14-8-5-2;/h2*16-19,21H,4-15,20H2,1-3H3,(H,24,25);/q;;+2/p-2. The summed E-state index contributed by atoms with van der Waals surface area (Å²) >= 11 is 0. The Morgan fingerprint density at radius 1 is 0.456 bits per heavy atom. The summed E-state index contributed by atoms with van der Waals surface area (Å²) in [6.45, 7) is 13.3. The van der Waals surface area contributed by atoms with Crippen LogP contribution in [0, 0.1) is 11.8 Å². The molecule has 0 amide bonds. The number of phosphoric acid groups is 2. The zero-order valence-corrected chi connectivity index (χ0v) is 39.8. The second kappa shape index (κ2) is 35.6. The molecule has 0 aromatic heterocycles. The van der Waals surface area contributed by atoms with Gasteiger partial charge in [-0.2, -0.15) is 0 Å². The van der Waals surface area contributed by atoms with Crippen LogP contribution in [0.5, 0.6) is 11.5 Å². The van der Waals surface area contributed by atoms with Crippen molar-refractivity contribution in [3.8, 4) is 11.5 Å². The van der Waals surface area contributed by atoms with Gasteiger partial charge >= 0.3 is 33.0 Å². The first-order chi connectivity index (χ1) is 27.0. The van der Waals surface area contributed by atoms with E-state index in [1.807, 2.05) is 24.3 Å². The number of aryl methyl sites for hydroxylation is 2. The van der Waals surface area contributed by atoms with Gasteiger partial charge in [0.1, 0.15) is 11.5 Å². The van der Waals surface area contributed by atoms with Gasteiger partial charge < -0.3 is 27.9 Å². The molecule has 0 radical (unpaired) electrons. The molecular formula is C46H80CrO8P2. The molecule has 0 bridgehead atoms. The summed E-state index contributed by atoms with van der Waals surface area (Å²) in [6.07, 6.45) is 28.3. The van der Waals surface area contributed by atoms with Crippen molar-refractivity contribution in [2.24, 2.45) is 11.8 Å². The molecule has 328 valence electrons. The molecule has 0 saturated carbocycles. The molecule has 0 aliphatic carbocycles. The third-order valence-electron chi connectivity index (χ3n) is 10.4. The summed E-state index contributed by atoms with van der Waals surface area (Å²) in [7, 11) is -8.64. The Hall–Kier alpha value is -1.13. The van der Waals surface area contributed by atoms with E-state index in [4.69, 9.17) is 18.1 Å².